The molecule has 1 saturated heterocycles. The van der Waals surface area contributed by atoms with Gasteiger partial charge in [0.05, 0.1) is 6.20 Å². The predicted octanol–water partition coefficient (Wildman–Crippen LogP) is 1.87. The van der Waals surface area contributed by atoms with Gasteiger partial charge in [0.1, 0.15) is 5.82 Å². The summed E-state index contributed by atoms with van der Waals surface area (Å²) in [5, 5.41) is 0. The van der Waals surface area contributed by atoms with Crippen LogP contribution >= 0.6 is 0 Å². The van der Waals surface area contributed by atoms with E-state index >= 15 is 0 Å². The number of anilines is 1. The fraction of sp³-hybridized carbons (Fsp3) is 0.308. The van der Waals surface area contributed by atoms with Gasteiger partial charge in [-0.25, -0.2) is 4.98 Å². The van der Waals surface area contributed by atoms with Crippen LogP contribution in [0.15, 0.2) is 43.0 Å². The van der Waals surface area contributed by atoms with Gasteiger partial charge in [0.25, 0.3) is 0 Å². The number of hydrogen-bond acceptors (Lipinski definition) is 4. The fourth-order valence-corrected chi connectivity index (χ4v) is 2.28. The second-order valence-corrected chi connectivity index (χ2v) is 4.25. The molecule has 4 nitrogen and oxygen atoms in total. The summed E-state index contributed by atoms with van der Waals surface area (Å²) in [6, 6.07) is 6.11. The Morgan fingerprint density at radius 1 is 1.12 bits per heavy atom. The van der Waals surface area contributed by atoms with Crippen molar-refractivity contribution >= 4 is 5.82 Å². The van der Waals surface area contributed by atoms with E-state index in [0.29, 0.717) is 5.92 Å². The standard InChI is InChI=1S/C13H14N4/c1-2-5-15-12(3-1)11-4-8-17(10-11)13-9-14-6-7-16-13/h1-3,5-7,9,11H,4,8,10H2/t11-/m0/s1. The molecule has 0 spiro atoms. The maximum Gasteiger partial charge on any atom is 0.147 e. The molecule has 0 aromatic carbocycles. The van der Waals surface area contributed by atoms with Crippen molar-refractivity contribution in [1.29, 1.82) is 0 Å². The summed E-state index contributed by atoms with van der Waals surface area (Å²) in [6.07, 6.45) is 8.26. The molecule has 3 heterocycles. The minimum absolute atomic E-state index is 0.512. The molecule has 2 aromatic rings. The Hall–Kier alpha value is -1.97. The van der Waals surface area contributed by atoms with Crippen molar-refractivity contribution in [1.82, 2.24) is 15.0 Å². The van der Waals surface area contributed by atoms with Crippen molar-refractivity contribution in [2.45, 2.75) is 12.3 Å². The molecule has 0 bridgehead atoms. The van der Waals surface area contributed by atoms with Crippen molar-refractivity contribution in [3.8, 4) is 0 Å². The van der Waals surface area contributed by atoms with Gasteiger partial charge < -0.3 is 4.90 Å². The third kappa shape index (κ3) is 2.11. The highest BCUT2D eigenvalue weighted by molar-refractivity contribution is 5.38. The van der Waals surface area contributed by atoms with Crippen LogP contribution in [0.2, 0.25) is 0 Å². The second-order valence-electron chi connectivity index (χ2n) is 4.25. The first-order valence-corrected chi connectivity index (χ1v) is 5.85. The van der Waals surface area contributed by atoms with Crippen LogP contribution in [0.3, 0.4) is 0 Å². The normalized spacial score (nSPS) is 19.5. The molecule has 0 aliphatic carbocycles. The summed E-state index contributed by atoms with van der Waals surface area (Å²) in [6.45, 7) is 2.01. The minimum atomic E-state index is 0.512. The van der Waals surface area contributed by atoms with Gasteiger partial charge in [-0.2, -0.15) is 0 Å². The Bertz CT molecular complexity index is 426. The first-order valence-electron chi connectivity index (χ1n) is 5.85. The topological polar surface area (TPSA) is 41.9 Å². The lowest BCUT2D eigenvalue weighted by Crippen LogP contribution is -2.20. The van der Waals surface area contributed by atoms with E-state index in [9.17, 15) is 0 Å². The van der Waals surface area contributed by atoms with E-state index in [2.05, 4.69) is 25.9 Å². The molecule has 1 aliphatic heterocycles. The van der Waals surface area contributed by atoms with Gasteiger partial charge in [0, 0.05) is 43.3 Å². The molecule has 0 radical (unpaired) electrons. The van der Waals surface area contributed by atoms with Crippen molar-refractivity contribution < 1.29 is 0 Å². The zero-order chi connectivity index (χ0) is 11.5. The molecular weight excluding hydrogens is 212 g/mol. The molecule has 0 N–H and O–H groups in total. The Kier molecular flexibility index (Phi) is 2.69. The van der Waals surface area contributed by atoms with Gasteiger partial charge in [-0.1, -0.05) is 6.07 Å². The van der Waals surface area contributed by atoms with Crippen LogP contribution in [-0.2, 0) is 0 Å². The monoisotopic (exact) mass is 226 g/mol. The molecular formula is C13H14N4. The molecule has 3 rings (SSSR count). The van der Waals surface area contributed by atoms with Crippen LogP contribution in [0, 0.1) is 0 Å². The van der Waals surface area contributed by atoms with Crippen molar-refractivity contribution in [2.24, 2.45) is 0 Å². The van der Waals surface area contributed by atoms with Crippen LogP contribution in [0.25, 0.3) is 0 Å². The molecule has 0 saturated carbocycles. The molecule has 1 aliphatic rings. The second kappa shape index (κ2) is 4.49. The Balaban J connectivity index is 1.75. The average Bonchev–Trinajstić information content (AvgIpc) is 2.90. The van der Waals surface area contributed by atoms with Crippen LogP contribution in [0.4, 0.5) is 5.82 Å². The van der Waals surface area contributed by atoms with Crippen molar-refractivity contribution in [3.05, 3.63) is 48.7 Å². The Morgan fingerprint density at radius 2 is 2.12 bits per heavy atom. The lowest BCUT2D eigenvalue weighted by Gasteiger charge is -2.16. The maximum atomic E-state index is 4.43. The van der Waals surface area contributed by atoms with E-state index in [1.807, 2.05) is 24.5 Å². The third-order valence-electron chi connectivity index (χ3n) is 3.17. The molecule has 1 atom stereocenters. The number of hydrogen-bond donors (Lipinski definition) is 0. The first kappa shape index (κ1) is 10.2. The van der Waals surface area contributed by atoms with Crippen LogP contribution in [-0.4, -0.2) is 28.0 Å². The van der Waals surface area contributed by atoms with Gasteiger partial charge in [-0.3, -0.25) is 9.97 Å². The zero-order valence-electron chi connectivity index (χ0n) is 9.53. The molecule has 4 heteroatoms. The van der Waals surface area contributed by atoms with E-state index in [-0.39, 0.29) is 0 Å². The minimum Gasteiger partial charge on any atom is -0.355 e. The number of nitrogens with zero attached hydrogens (tertiary/aromatic N) is 4. The quantitative estimate of drug-likeness (QED) is 0.784. The van der Waals surface area contributed by atoms with Gasteiger partial charge in [-0.05, 0) is 18.6 Å². The summed E-state index contributed by atoms with van der Waals surface area (Å²) in [5.41, 5.74) is 1.18. The number of aromatic nitrogens is 3. The summed E-state index contributed by atoms with van der Waals surface area (Å²) < 4.78 is 0. The van der Waals surface area contributed by atoms with Crippen LogP contribution in [0.1, 0.15) is 18.0 Å². The molecule has 86 valence electrons. The van der Waals surface area contributed by atoms with E-state index in [4.69, 9.17) is 0 Å². The molecule has 0 unspecified atom stereocenters. The summed E-state index contributed by atoms with van der Waals surface area (Å²) in [4.78, 5) is 15.1. The summed E-state index contributed by atoms with van der Waals surface area (Å²) in [5.74, 6) is 1.48. The highest BCUT2D eigenvalue weighted by Gasteiger charge is 2.25. The van der Waals surface area contributed by atoms with E-state index in [0.717, 1.165) is 25.3 Å². The average molecular weight is 226 g/mol. The van der Waals surface area contributed by atoms with Gasteiger partial charge in [0.2, 0.25) is 0 Å². The zero-order valence-corrected chi connectivity index (χ0v) is 9.53. The summed E-state index contributed by atoms with van der Waals surface area (Å²) >= 11 is 0. The maximum absolute atomic E-state index is 4.43. The highest BCUT2D eigenvalue weighted by atomic mass is 15.2. The number of rotatable bonds is 2. The van der Waals surface area contributed by atoms with Crippen molar-refractivity contribution in [2.75, 3.05) is 18.0 Å². The van der Waals surface area contributed by atoms with Gasteiger partial charge in [0.15, 0.2) is 0 Å². The van der Waals surface area contributed by atoms with E-state index < -0.39 is 0 Å². The molecule has 0 amide bonds. The molecule has 2 aromatic heterocycles. The first-order chi connectivity index (χ1) is 8.43. The van der Waals surface area contributed by atoms with Crippen molar-refractivity contribution in [3.63, 3.8) is 0 Å². The van der Waals surface area contributed by atoms with Gasteiger partial charge in [-0.15, -0.1) is 0 Å². The Labute approximate surface area is 100 Å². The van der Waals surface area contributed by atoms with Crippen LogP contribution in [0.5, 0.6) is 0 Å². The SMILES string of the molecule is c1ccc([C@H]2CCN(c3cnccn3)C2)nc1. The highest BCUT2D eigenvalue weighted by Crippen LogP contribution is 2.27. The smallest absolute Gasteiger partial charge is 0.147 e. The Morgan fingerprint density at radius 3 is 2.88 bits per heavy atom. The lowest BCUT2D eigenvalue weighted by molar-refractivity contribution is 0.743. The third-order valence-corrected chi connectivity index (χ3v) is 3.17. The fourth-order valence-electron chi connectivity index (χ4n) is 2.28. The van der Waals surface area contributed by atoms with Crippen LogP contribution < -0.4 is 4.90 Å². The van der Waals surface area contributed by atoms with Gasteiger partial charge >= 0.3 is 0 Å². The van der Waals surface area contributed by atoms with E-state index in [1.165, 1.54) is 5.69 Å². The predicted molar refractivity (Wildman–Crippen MR) is 65.8 cm³/mol. The molecule has 17 heavy (non-hydrogen) atoms. The molecule has 1 fully saturated rings. The summed E-state index contributed by atoms with van der Waals surface area (Å²) in [7, 11) is 0. The number of pyridine rings is 1. The largest absolute Gasteiger partial charge is 0.355 e. The lowest BCUT2D eigenvalue weighted by atomic mass is 10.0. The van der Waals surface area contributed by atoms with E-state index in [1.54, 1.807) is 12.4 Å².